The zero-order valence-corrected chi connectivity index (χ0v) is 9.07. The number of imidazole rings is 1. The minimum atomic E-state index is 0.0218. The van der Waals surface area contributed by atoms with E-state index in [1.165, 1.54) is 0 Å². The largest absolute Gasteiger partial charge is 0.355 e. The molecule has 0 bridgehead atoms. The number of hydrogen-bond donors (Lipinski definition) is 2. The quantitative estimate of drug-likeness (QED) is 0.689. The molecule has 0 aliphatic heterocycles. The van der Waals surface area contributed by atoms with Crippen molar-refractivity contribution in [2.45, 2.75) is 26.3 Å². The van der Waals surface area contributed by atoms with E-state index < -0.39 is 0 Å². The summed E-state index contributed by atoms with van der Waals surface area (Å²) in [5.74, 6) is 0.0218. The van der Waals surface area contributed by atoms with Gasteiger partial charge < -0.3 is 15.6 Å². The highest BCUT2D eigenvalue weighted by Gasteiger charge is 2.02. The molecule has 0 aliphatic carbocycles. The number of carbonyl (C=O) groups excluding carboxylic acids is 1. The van der Waals surface area contributed by atoms with Crippen molar-refractivity contribution >= 4 is 5.91 Å². The average molecular weight is 210 g/mol. The first-order chi connectivity index (χ1) is 7.26. The fourth-order valence-electron chi connectivity index (χ4n) is 1.26. The van der Waals surface area contributed by atoms with Gasteiger partial charge in [-0.2, -0.15) is 0 Å². The van der Waals surface area contributed by atoms with E-state index in [4.69, 9.17) is 5.73 Å². The summed E-state index contributed by atoms with van der Waals surface area (Å²) in [6.07, 6.45) is 5.23. The molecular formula is C10H18N4O. The first kappa shape index (κ1) is 11.7. The molecular weight excluding hydrogens is 192 g/mol. The maximum Gasteiger partial charge on any atom is 0.239 e. The molecule has 1 aromatic heterocycles. The fourth-order valence-corrected chi connectivity index (χ4v) is 1.26. The van der Waals surface area contributed by atoms with Crippen LogP contribution in [0.15, 0.2) is 12.5 Å². The zero-order valence-electron chi connectivity index (χ0n) is 9.07. The number of carbonyl (C=O) groups is 1. The third-order valence-electron chi connectivity index (χ3n) is 1.99. The number of nitrogens with zero attached hydrogens (tertiary/aromatic N) is 2. The Bertz CT molecular complexity index is 308. The molecule has 0 aromatic carbocycles. The van der Waals surface area contributed by atoms with Gasteiger partial charge in [0.15, 0.2) is 0 Å². The number of amides is 1. The molecule has 5 heteroatoms. The highest BCUT2D eigenvalue weighted by atomic mass is 16.1. The first-order valence-corrected chi connectivity index (χ1v) is 5.23. The fraction of sp³-hybridized carbons (Fsp3) is 0.600. The minimum absolute atomic E-state index is 0.0218. The van der Waals surface area contributed by atoms with Crippen molar-refractivity contribution in [2.75, 3.05) is 13.1 Å². The van der Waals surface area contributed by atoms with E-state index in [9.17, 15) is 4.79 Å². The summed E-state index contributed by atoms with van der Waals surface area (Å²) in [5, 5.41) is 2.81. The van der Waals surface area contributed by atoms with Crippen LogP contribution in [0.3, 0.4) is 0 Å². The lowest BCUT2D eigenvalue weighted by Gasteiger charge is -2.03. The van der Waals surface area contributed by atoms with Crippen molar-refractivity contribution in [1.82, 2.24) is 14.9 Å². The third-order valence-corrected chi connectivity index (χ3v) is 1.99. The van der Waals surface area contributed by atoms with Gasteiger partial charge in [-0.3, -0.25) is 4.79 Å². The van der Waals surface area contributed by atoms with Crippen LogP contribution < -0.4 is 11.1 Å². The molecule has 0 saturated heterocycles. The van der Waals surface area contributed by atoms with Crippen LogP contribution in [0.2, 0.25) is 0 Å². The van der Waals surface area contributed by atoms with Crippen LogP contribution in [-0.4, -0.2) is 28.5 Å². The predicted octanol–water partition coefficient (Wildman–Crippen LogP) is -0.0895. The Morgan fingerprint density at radius 1 is 1.67 bits per heavy atom. The maximum atomic E-state index is 11.4. The molecule has 0 aliphatic rings. The van der Waals surface area contributed by atoms with E-state index in [0.717, 1.165) is 25.1 Å². The van der Waals surface area contributed by atoms with E-state index in [-0.39, 0.29) is 5.91 Å². The summed E-state index contributed by atoms with van der Waals surface area (Å²) in [6, 6.07) is 0. The summed E-state index contributed by atoms with van der Waals surface area (Å²) < 4.78 is 1.77. The monoisotopic (exact) mass is 210 g/mol. The summed E-state index contributed by atoms with van der Waals surface area (Å²) >= 11 is 0. The van der Waals surface area contributed by atoms with Crippen molar-refractivity contribution in [1.29, 1.82) is 0 Å². The van der Waals surface area contributed by atoms with Crippen molar-refractivity contribution < 1.29 is 4.79 Å². The molecule has 15 heavy (non-hydrogen) atoms. The van der Waals surface area contributed by atoms with E-state index in [0.29, 0.717) is 13.1 Å². The van der Waals surface area contributed by atoms with Crippen molar-refractivity contribution in [3.8, 4) is 0 Å². The highest BCUT2D eigenvalue weighted by Crippen LogP contribution is 1.96. The van der Waals surface area contributed by atoms with Gasteiger partial charge in [0, 0.05) is 19.2 Å². The lowest BCUT2D eigenvalue weighted by molar-refractivity contribution is -0.121. The molecule has 1 heterocycles. The molecule has 84 valence electrons. The number of aromatic nitrogens is 2. The second kappa shape index (κ2) is 6.19. The molecule has 0 radical (unpaired) electrons. The second-order valence-electron chi connectivity index (χ2n) is 3.43. The first-order valence-electron chi connectivity index (χ1n) is 5.23. The van der Waals surface area contributed by atoms with E-state index in [2.05, 4.69) is 10.3 Å². The zero-order chi connectivity index (χ0) is 11.1. The third kappa shape index (κ3) is 4.12. The molecule has 0 spiro atoms. The molecule has 0 saturated carbocycles. The van der Waals surface area contributed by atoms with Gasteiger partial charge in [0.1, 0.15) is 6.54 Å². The minimum Gasteiger partial charge on any atom is -0.355 e. The van der Waals surface area contributed by atoms with Crippen molar-refractivity contribution in [2.24, 2.45) is 5.73 Å². The highest BCUT2D eigenvalue weighted by molar-refractivity contribution is 5.75. The normalized spacial score (nSPS) is 10.3. The van der Waals surface area contributed by atoms with Gasteiger partial charge in [-0.15, -0.1) is 0 Å². The number of rotatable bonds is 6. The second-order valence-corrected chi connectivity index (χ2v) is 3.43. The van der Waals surface area contributed by atoms with Gasteiger partial charge in [-0.1, -0.05) is 6.92 Å². The van der Waals surface area contributed by atoms with Crippen molar-refractivity contribution in [3.63, 3.8) is 0 Å². The van der Waals surface area contributed by atoms with Gasteiger partial charge in [0.25, 0.3) is 0 Å². The van der Waals surface area contributed by atoms with Gasteiger partial charge in [0.05, 0.1) is 12.0 Å². The summed E-state index contributed by atoms with van der Waals surface area (Å²) in [4.78, 5) is 15.5. The van der Waals surface area contributed by atoms with E-state index >= 15 is 0 Å². The Kier molecular flexibility index (Phi) is 4.83. The Labute approximate surface area is 89.7 Å². The van der Waals surface area contributed by atoms with Gasteiger partial charge in [0.2, 0.25) is 5.91 Å². The molecule has 0 unspecified atom stereocenters. The lowest BCUT2D eigenvalue weighted by Crippen LogP contribution is -2.27. The average Bonchev–Trinajstić information content (AvgIpc) is 2.63. The molecule has 3 N–H and O–H groups in total. The summed E-state index contributed by atoms with van der Waals surface area (Å²) in [7, 11) is 0. The van der Waals surface area contributed by atoms with Gasteiger partial charge >= 0.3 is 0 Å². The molecule has 1 aromatic rings. The molecule has 5 nitrogen and oxygen atoms in total. The standard InChI is InChI=1S/C10H18N4O/c1-2-5-12-10(15)7-14-6-9(3-4-11)13-8-14/h6,8H,2-5,7,11H2,1H3,(H,12,15). The van der Waals surface area contributed by atoms with Gasteiger partial charge in [-0.25, -0.2) is 4.98 Å². The number of hydrogen-bond acceptors (Lipinski definition) is 3. The molecule has 1 amide bonds. The predicted molar refractivity (Wildman–Crippen MR) is 58.3 cm³/mol. The Balaban J connectivity index is 2.39. The van der Waals surface area contributed by atoms with Crippen LogP contribution in [0.5, 0.6) is 0 Å². The van der Waals surface area contributed by atoms with Crippen LogP contribution in [0, 0.1) is 0 Å². The molecule has 1 rings (SSSR count). The van der Waals surface area contributed by atoms with Crippen LogP contribution in [0.1, 0.15) is 19.0 Å². The number of nitrogens with two attached hydrogens (primary N) is 1. The van der Waals surface area contributed by atoms with Crippen LogP contribution in [0.4, 0.5) is 0 Å². The van der Waals surface area contributed by atoms with Crippen molar-refractivity contribution in [3.05, 3.63) is 18.2 Å². The Morgan fingerprint density at radius 2 is 2.47 bits per heavy atom. The lowest BCUT2D eigenvalue weighted by atomic mass is 10.3. The number of nitrogens with one attached hydrogen (secondary N) is 1. The van der Waals surface area contributed by atoms with Crippen LogP contribution in [0.25, 0.3) is 0 Å². The summed E-state index contributed by atoms with van der Waals surface area (Å²) in [6.45, 7) is 3.66. The van der Waals surface area contributed by atoms with E-state index in [1.807, 2.05) is 13.1 Å². The SMILES string of the molecule is CCCNC(=O)Cn1cnc(CCN)c1. The molecule has 0 fully saturated rings. The topological polar surface area (TPSA) is 72.9 Å². The Morgan fingerprint density at radius 3 is 3.13 bits per heavy atom. The molecule has 0 atom stereocenters. The smallest absolute Gasteiger partial charge is 0.239 e. The summed E-state index contributed by atoms with van der Waals surface area (Å²) in [5.41, 5.74) is 6.34. The van der Waals surface area contributed by atoms with Gasteiger partial charge in [-0.05, 0) is 13.0 Å². The van der Waals surface area contributed by atoms with E-state index in [1.54, 1.807) is 10.9 Å². The Hall–Kier alpha value is -1.36. The van der Waals surface area contributed by atoms with Crippen LogP contribution >= 0.6 is 0 Å². The van der Waals surface area contributed by atoms with Crippen LogP contribution in [-0.2, 0) is 17.8 Å². The maximum absolute atomic E-state index is 11.4.